The van der Waals surface area contributed by atoms with Crippen LogP contribution in [0, 0.1) is 5.82 Å². The largest absolute Gasteiger partial charge is 0.508 e. The van der Waals surface area contributed by atoms with Crippen LogP contribution in [0.25, 0.3) is 17.1 Å². The van der Waals surface area contributed by atoms with Crippen molar-refractivity contribution in [3.63, 3.8) is 0 Å². The number of aromatic nitrogens is 5. The van der Waals surface area contributed by atoms with E-state index in [0.717, 1.165) is 16.8 Å². The van der Waals surface area contributed by atoms with E-state index < -0.39 is 54.1 Å². The van der Waals surface area contributed by atoms with Crippen molar-refractivity contribution in [2.75, 3.05) is 38.1 Å². The van der Waals surface area contributed by atoms with Gasteiger partial charge in [0.25, 0.3) is 0 Å². The molecule has 2 aromatic carbocycles. The second kappa shape index (κ2) is 15.7. The first-order valence-corrected chi connectivity index (χ1v) is 17.3. The number of benzene rings is 2. The van der Waals surface area contributed by atoms with Crippen molar-refractivity contribution in [1.82, 2.24) is 34.1 Å². The number of H-pyrrole nitrogens is 1. The molecule has 17 nitrogen and oxygen atoms in total. The van der Waals surface area contributed by atoms with E-state index in [1.165, 1.54) is 24.3 Å². The number of aromatic amines is 1. The summed E-state index contributed by atoms with van der Waals surface area (Å²) in [5.41, 5.74) is -0.668. The van der Waals surface area contributed by atoms with Crippen LogP contribution in [0.4, 0.5) is 19.0 Å². The molecule has 2 aliphatic rings. The van der Waals surface area contributed by atoms with Crippen molar-refractivity contribution in [1.29, 1.82) is 0 Å². The maximum absolute atomic E-state index is 15.5. The molecule has 0 spiro atoms. The Morgan fingerprint density at radius 1 is 1.05 bits per heavy atom. The van der Waals surface area contributed by atoms with Gasteiger partial charge in [-0.1, -0.05) is 19.9 Å². The molecule has 6 N–H and O–H groups in total. The summed E-state index contributed by atoms with van der Waals surface area (Å²) in [6, 6.07) is 8.03. The predicted molar refractivity (Wildman–Crippen MR) is 187 cm³/mol. The van der Waals surface area contributed by atoms with Crippen LogP contribution in [0.15, 0.2) is 52.2 Å². The SMILES string of the molecule is CC(C)c1cc(-c2n[nH]c(=O)n2-c2ccc(CN3CCN(C(=O)CCC(=O)Nc4ccn(C5OC(CO)C(O)C5(F)F)c(=O)n4)CC3)c(F)c2)c(O)cc1O. The van der Waals surface area contributed by atoms with Gasteiger partial charge in [-0.05, 0) is 35.7 Å². The van der Waals surface area contributed by atoms with Crippen LogP contribution in [-0.2, 0) is 20.9 Å². The molecular weight excluding hydrogens is 733 g/mol. The minimum atomic E-state index is -3.89. The molecule has 4 aromatic rings. The lowest BCUT2D eigenvalue weighted by Gasteiger charge is -2.34. The summed E-state index contributed by atoms with van der Waals surface area (Å²) in [6.07, 6.45) is -5.70. The molecule has 2 aromatic heterocycles. The zero-order valence-electron chi connectivity index (χ0n) is 29.7. The topological polar surface area (TPSA) is 228 Å². The number of halogens is 3. The summed E-state index contributed by atoms with van der Waals surface area (Å²) in [5, 5.41) is 48.4. The number of hydrogen-bond acceptors (Lipinski definition) is 12. The van der Waals surface area contributed by atoms with Gasteiger partial charge in [-0.2, -0.15) is 18.9 Å². The Kier molecular flexibility index (Phi) is 11.1. The summed E-state index contributed by atoms with van der Waals surface area (Å²) in [6.45, 7) is 4.44. The number of carbonyl (C=O) groups excluding carboxylic acids is 2. The molecule has 20 heteroatoms. The molecule has 0 bridgehead atoms. The van der Waals surface area contributed by atoms with Gasteiger partial charge >= 0.3 is 17.3 Å². The smallest absolute Gasteiger partial charge is 0.351 e. The van der Waals surface area contributed by atoms with Crippen LogP contribution in [0.2, 0.25) is 0 Å². The fraction of sp³-hybridized carbons (Fsp3) is 0.429. The predicted octanol–water partition coefficient (Wildman–Crippen LogP) is 1.41. The number of aromatic hydroxyl groups is 2. The zero-order valence-corrected chi connectivity index (χ0v) is 29.7. The van der Waals surface area contributed by atoms with Gasteiger partial charge in [0.2, 0.25) is 18.0 Å². The van der Waals surface area contributed by atoms with E-state index in [1.807, 2.05) is 18.7 Å². The second-order valence-corrected chi connectivity index (χ2v) is 13.6. The van der Waals surface area contributed by atoms with Crippen molar-refractivity contribution >= 4 is 17.6 Å². The highest BCUT2D eigenvalue weighted by molar-refractivity contribution is 5.92. The Bertz CT molecular complexity index is 2200. The summed E-state index contributed by atoms with van der Waals surface area (Å²) in [5.74, 6) is -6.20. The number of carbonyl (C=O) groups is 2. The van der Waals surface area contributed by atoms with E-state index in [9.17, 15) is 43.3 Å². The van der Waals surface area contributed by atoms with Crippen molar-refractivity contribution in [3.05, 3.63) is 80.5 Å². The number of aliphatic hydroxyl groups is 2. The second-order valence-electron chi connectivity index (χ2n) is 13.6. The maximum atomic E-state index is 15.5. The van der Waals surface area contributed by atoms with E-state index >= 15 is 4.39 Å². The Labute approximate surface area is 310 Å². The molecule has 0 radical (unpaired) electrons. The first-order chi connectivity index (χ1) is 26.1. The van der Waals surface area contributed by atoms with Crippen molar-refractivity contribution in [2.24, 2.45) is 0 Å². The Balaban J connectivity index is 1.01. The lowest BCUT2D eigenvalue weighted by molar-refractivity contribution is -0.141. The Hall–Kier alpha value is -5.57. The monoisotopic (exact) mass is 772 g/mol. The average Bonchev–Trinajstić information content (AvgIpc) is 3.63. The number of rotatable bonds is 11. The molecule has 2 saturated heterocycles. The van der Waals surface area contributed by atoms with Gasteiger partial charge in [-0.25, -0.2) is 23.6 Å². The van der Waals surface area contributed by atoms with Crippen molar-refractivity contribution in [2.45, 2.75) is 63.5 Å². The van der Waals surface area contributed by atoms with E-state index in [4.69, 9.17) is 9.84 Å². The minimum Gasteiger partial charge on any atom is -0.508 e. The molecule has 6 rings (SSSR count). The highest BCUT2D eigenvalue weighted by Crippen LogP contribution is 2.42. The van der Waals surface area contributed by atoms with Crippen molar-refractivity contribution in [3.8, 4) is 28.6 Å². The first kappa shape index (κ1) is 39.1. The summed E-state index contributed by atoms with van der Waals surface area (Å²) in [7, 11) is 0. The molecule has 0 aliphatic carbocycles. The number of nitrogens with zero attached hydrogens (tertiary/aromatic N) is 6. The fourth-order valence-corrected chi connectivity index (χ4v) is 6.52. The van der Waals surface area contributed by atoms with Crippen LogP contribution >= 0.6 is 0 Å². The molecule has 0 saturated carbocycles. The third kappa shape index (κ3) is 7.97. The molecule has 2 fully saturated rings. The number of aliphatic hydroxyl groups excluding tert-OH is 2. The molecule has 2 amide bonds. The molecule has 3 atom stereocenters. The van der Waals surface area contributed by atoms with Gasteiger partial charge in [0.1, 0.15) is 29.2 Å². The van der Waals surface area contributed by atoms with Crippen LogP contribution in [0.1, 0.15) is 50.0 Å². The molecule has 2 aliphatic heterocycles. The zero-order chi connectivity index (χ0) is 39.8. The normalized spacial score (nSPS) is 19.9. The van der Waals surface area contributed by atoms with Gasteiger partial charge in [0.05, 0.1) is 17.9 Å². The third-order valence-corrected chi connectivity index (χ3v) is 9.57. The number of anilines is 1. The number of phenols is 2. The van der Waals surface area contributed by atoms with E-state index in [1.54, 1.807) is 11.0 Å². The maximum Gasteiger partial charge on any atom is 0.351 e. The van der Waals surface area contributed by atoms with Gasteiger partial charge < -0.3 is 35.4 Å². The third-order valence-electron chi connectivity index (χ3n) is 9.57. The number of hydrogen-bond donors (Lipinski definition) is 6. The Morgan fingerprint density at radius 2 is 1.78 bits per heavy atom. The fourth-order valence-electron chi connectivity index (χ4n) is 6.52. The molecular formula is C35H39F3N8O9. The molecule has 3 unspecified atom stereocenters. The quantitative estimate of drug-likeness (QED) is 0.127. The average molecular weight is 773 g/mol. The van der Waals surface area contributed by atoms with Crippen LogP contribution in [0.5, 0.6) is 11.5 Å². The Morgan fingerprint density at radius 3 is 2.42 bits per heavy atom. The van der Waals surface area contributed by atoms with Gasteiger partial charge in [0.15, 0.2) is 11.9 Å². The number of alkyl halides is 2. The molecule has 294 valence electrons. The van der Waals surface area contributed by atoms with Crippen LogP contribution in [-0.4, -0.2) is 117 Å². The van der Waals surface area contributed by atoms with Crippen molar-refractivity contribution < 1.29 is 47.9 Å². The van der Waals surface area contributed by atoms with Gasteiger partial charge in [0, 0.05) is 63.4 Å². The lowest BCUT2D eigenvalue weighted by atomic mass is 9.98. The van der Waals surface area contributed by atoms with Crippen LogP contribution < -0.4 is 16.7 Å². The first-order valence-electron chi connectivity index (χ1n) is 17.3. The number of nitrogens with one attached hydrogen (secondary N) is 2. The number of ether oxygens (including phenoxy) is 1. The molecule has 4 heterocycles. The number of amides is 2. The summed E-state index contributed by atoms with van der Waals surface area (Å²) >= 11 is 0. The standard InChI is InChI=1S/C35H39F3N8O9/c1-18(2)21-14-22(25(49)15-24(21)48)31-41-42-34(54)46(31)20-4-3-19(23(36)13-20)16-43-9-11-44(12-10-43)29(51)6-5-28(50)39-27-7-8-45(33(53)40-27)32-35(37,38)30(52)26(17-47)55-32/h3-4,7-8,13-15,18,26,30,32,47-49,52H,5-6,9-12,16-17H2,1-2H3,(H,42,54)(H,39,40,50,53). The van der Waals surface area contributed by atoms with E-state index in [0.29, 0.717) is 41.9 Å². The molecule has 55 heavy (non-hydrogen) atoms. The van der Waals surface area contributed by atoms with Crippen LogP contribution in [0.3, 0.4) is 0 Å². The highest BCUT2D eigenvalue weighted by Gasteiger charge is 2.59. The number of phenolic OH excluding ortho intramolecular Hbond substituents is 2. The minimum absolute atomic E-state index is 0.0287. The summed E-state index contributed by atoms with van der Waals surface area (Å²) in [4.78, 5) is 57.7. The van der Waals surface area contributed by atoms with Gasteiger partial charge in [-0.3, -0.25) is 19.1 Å². The lowest BCUT2D eigenvalue weighted by Crippen LogP contribution is -2.48. The number of piperazine rings is 1. The van der Waals surface area contributed by atoms with E-state index in [-0.39, 0.29) is 65.6 Å². The van der Waals surface area contributed by atoms with E-state index in [2.05, 4.69) is 20.5 Å². The summed E-state index contributed by atoms with van der Waals surface area (Å²) < 4.78 is 50.8. The van der Waals surface area contributed by atoms with Gasteiger partial charge in [-0.15, -0.1) is 0 Å². The highest BCUT2D eigenvalue weighted by atomic mass is 19.3.